The zero-order chi connectivity index (χ0) is 13.7. The van der Waals surface area contributed by atoms with Gasteiger partial charge in [-0.3, -0.25) is 4.79 Å². The molecule has 0 radical (unpaired) electrons. The Morgan fingerprint density at radius 3 is 2.56 bits per heavy atom. The van der Waals surface area contributed by atoms with Gasteiger partial charge in [-0.2, -0.15) is 0 Å². The van der Waals surface area contributed by atoms with Crippen LogP contribution >= 0.6 is 27.3 Å². The van der Waals surface area contributed by atoms with Gasteiger partial charge in [0.25, 0.3) is 0 Å². The van der Waals surface area contributed by atoms with Crippen molar-refractivity contribution < 1.29 is 23.5 Å². The molecule has 0 fully saturated rings. The quantitative estimate of drug-likeness (QED) is 0.834. The molecule has 1 amide bonds. The highest BCUT2D eigenvalue weighted by Gasteiger charge is 2.24. The first kappa shape index (κ1) is 15.0. The molecule has 4 nitrogen and oxygen atoms in total. The van der Waals surface area contributed by atoms with Crippen LogP contribution in [0.4, 0.5) is 8.78 Å². The summed E-state index contributed by atoms with van der Waals surface area (Å²) in [5.41, 5.74) is 0. The van der Waals surface area contributed by atoms with E-state index in [1.165, 1.54) is 11.3 Å². The molecular weight excluding hydrogens is 332 g/mol. The van der Waals surface area contributed by atoms with Gasteiger partial charge in [-0.05, 0) is 28.1 Å². The van der Waals surface area contributed by atoms with Crippen molar-refractivity contribution in [2.45, 2.75) is 25.3 Å². The van der Waals surface area contributed by atoms with Gasteiger partial charge in [0.05, 0.1) is 10.2 Å². The number of alkyl halides is 2. The van der Waals surface area contributed by atoms with Gasteiger partial charge in [0.1, 0.15) is 6.04 Å². The maximum atomic E-state index is 12.1. The van der Waals surface area contributed by atoms with E-state index in [1.807, 2.05) is 0 Å². The number of nitrogens with one attached hydrogen (secondary N) is 1. The molecule has 0 saturated carbocycles. The fraction of sp³-hybridized carbons (Fsp3) is 0.400. The minimum absolute atomic E-state index is 0.0245. The number of amides is 1. The summed E-state index contributed by atoms with van der Waals surface area (Å²) in [6.45, 7) is 0. The molecule has 100 valence electrons. The summed E-state index contributed by atoms with van der Waals surface area (Å²) in [6.07, 6.45) is -3.69. The van der Waals surface area contributed by atoms with Gasteiger partial charge in [0.2, 0.25) is 12.3 Å². The van der Waals surface area contributed by atoms with Crippen molar-refractivity contribution >= 4 is 39.1 Å². The average Bonchev–Trinajstić information content (AvgIpc) is 2.62. The summed E-state index contributed by atoms with van der Waals surface area (Å²) in [5.74, 6) is -2.05. The van der Waals surface area contributed by atoms with Crippen LogP contribution in [-0.2, 0) is 16.0 Å². The Morgan fingerprint density at radius 2 is 2.11 bits per heavy atom. The van der Waals surface area contributed by atoms with E-state index in [-0.39, 0.29) is 6.42 Å². The summed E-state index contributed by atoms with van der Waals surface area (Å²) in [6, 6.07) is 1.90. The third-order valence-electron chi connectivity index (χ3n) is 2.01. The van der Waals surface area contributed by atoms with Crippen molar-refractivity contribution in [3.05, 3.63) is 20.8 Å². The lowest BCUT2D eigenvalue weighted by Crippen LogP contribution is -2.42. The van der Waals surface area contributed by atoms with Gasteiger partial charge in [-0.25, -0.2) is 13.6 Å². The van der Waals surface area contributed by atoms with E-state index in [0.29, 0.717) is 0 Å². The summed E-state index contributed by atoms with van der Waals surface area (Å²) >= 11 is 4.55. The van der Waals surface area contributed by atoms with Crippen molar-refractivity contribution in [2.24, 2.45) is 0 Å². The molecule has 1 heterocycles. The van der Waals surface area contributed by atoms with Crippen LogP contribution < -0.4 is 5.32 Å². The monoisotopic (exact) mass is 341 g/mol. The van der Waals surface area contributed by atoms with Crippen LogP contribution in [0, 0.1) is 0 Å². The van der Waals surface area contributed by atoms with Gasteiger partial charge in [-0.15, -0.1) is 11.3 Å². The molecule has 1 aromatic heterocycles. The lowest BCUT2D eigenvalue weighted by atomic mass is 10.2. The van der Waals surface area contributed by atoms with E-state index >= 15 is 0 Å². The summed E-state index contributed by atoms with van der Waals surface area (Å²) in [7, 11) is 0. The molecule has 18 heavy (non-hydrogen) atoms. The second kappa shape index (κ2) is 6.79. The second-order valence-corrected chi connectivity index (χ2v) is 6.02. The number of halogens is 3. The first-order valence-electron chi connectivity index (χ1n) is 4.93. The minimum atomic E-state index is -2.78. The van der Waals surface area contributed by atoms with Crippen molar-refractivity contribution in [1.29, 1.82) is 0 Å². The molecule has 0 saturated heterocycles. The maximum Gasteiger partial charge on any atom is 0.326 e. The molecule has 0 aliphatic carbocycles. The maximum absolute atomic E-state index is 12.1. The van der Waals surface area contributed by atoms with Crippen molar-refractivity contribution in [3.8, 4) is 0 Å². The van der Waals surface area contributed by atoms with E-state index in [1.54, 1.807) is 12.1 Å². The van der Waals surface area contributed by atoms with Crippen LogP contribution in [0.3, 0.4) is 0 Å². The lowest BCUT2D eigenvalue weighted by Gasteiger charge is -2.13. The molecular formula is C10H10BrF2NO3S. The third kappa shape index (κ3) is 5.09. The molecule has 1 rings (SSSR count). The number of hydrogen-bond acceptors (Lipinski definition) is 3. The van der Waals surface area contributed by atoms with Gasteiger partial charge in [-0.1, -0.05) is 0 Å². The van der Waals surface area contributed by atoms with E-state index < -0.39 is 30.8 Å². The predicted molar refractivity (Wildman–Crippen MR) is 65.9 cm³/mol. The first-order valence-corrected chi connectivity index (χ1v) is 6.54. The van der Waals surface area contributed by atoms with Crippen LogP contribution in [0.15, 0.2) is 15.9 Å². The summed E-state index contributed by atoms with van der Waals surface area (Å²) in [4.78, 5) is 22.9. The third-order valence-corrected chi connectivity index (χ3v) is 3.63. The smallest absolute Gasteiger partial charge is 0.326 e. The number of rotatable bonds is 6. The van der Waals surface area contributed by atoms with Crippen molar-refractivity contribution in [1.82, 2.24) is 5.32 Å². The van der Waals surface area contributed by atoms with Crippen LogP contribution in [0.5, 0.6) is 0 Å². The Morgan fingerprint density at radius 1 is 1.44 bits per heavy atom. The fourth-order valence-electron chi connectivity index (χ4n) is 1.25. The summed E-state index contributed by atoms with van der Waals surface area (Å²) in [5, 5.41) is 10.8. The van der Waals surface area contributed by atoms with Gasteiger partial charge in [0.15, 0.2) is 0 Å². The van der Waals surface area contributed by atoms with Crippen molar-refractivity contribution in [3.63, 3.8) is 0 Å². The van der Waals surface area contributed by atoms with Crippen LogP contribution in [0.25, 0.3) is 0 Å². The molecule has 8 heteroatoms. The van der Waals surface area contributed by atoms with E-state index in [2.05, 4.69) is 21.2 Å². The number of carbonyl (C=O) groups excluding carboxylic acids is 1. The second-order valence-electron chi connectivity index (χ2n) is 3.47. The Kier molecular flexibility index (Phi) is 5.67. The fourth-order valence-corrected chi connectivity index (χ4v) is 2.73. The number of carboxylic acid groups (broad SMARTS) is 1. The molecule has 0 aromatic carbocycles. The highest BCUT2D eigenvalue weighted by Crippen LogP contribution is 2.22. The molecule has 1 aromatic rings. The van der Waals surface area contributed by atoms with E-state index in [0.717, 1.165) is 8.66 Å². The van der Waals surface area contributed by atoms with E-state index in [9.17, 15) is 18.4 Å². The van der Waals surface area contributed by atoms with Crippen LogP contribution in [0.2, 0.25) is 0 Å². The van der Waals surface area contributed by atoms with Gasteiger partial charge >= 0.3 is 5.97 Å². The minimum Gasteiger partial charge on any atom is -0.480 e. The van der Waals surface area contributed by atoms with Crippen molar-refractivity contribution in [2.75, 3.05) is 0 Å². The Labute approximate surface area is 114 Å². The Hall–Kier alpha value is -1.02. The SMILES string of the molecule is O=C(Cc1ccc(Br)s1)NC(CC(F)F)C(=O)O. The zero-order valence-corrected chi connectivity index (χ0v) is 11.4. The van der Waals surface area contributed by atoms with E-state index in [4.69, 9.17) is 5.11 Å². The number of thiophene rings is 1. The zero-order valence-electron chi connectivity index (χ0n) is 9.03. The molecule has 0 spiro atoms. The Bertz CT molecular complexity index is 439. The summed E-state index contributed by atoms with van der Waals surface area (Å²) < 4.78 is 25.1. The molecule has 2 N–H and O–H groups in total. The van der Waals surface area contributed by atoms with Gasteiger partial charge < -0.3 is 10.4 Å². The molecule has 1 atom stereocenters. The normalized spacial score (nSPS) is 12.4. The average molecular weight is 342 g/mol. The van der Waals surface area contributed by atoms with Crippen LogP contribution in [-0.4, -0.2) is 29.5 Å². The molecule has 1 unspecified atom stereocenters. The molecule has 0 aliphatic heterocycles. The number of carboxylic acids is 1. The lowest BCUT2D eigenvalue weighted by molar-refractivity contribution is -0.142. The molecule has 0 bridgehead atoms. The van der Waals surface area contributed by atoms with Crippen LogP contribution in [0.1, 0.15) is 11.3 Å². The number of hydrogen-bond donors (Lipinski definition) is 2. The highest BCUT2D eigenvalue weighted by atomic mass is 79.9. The Balaban J connectivity index is 2.53. The standard InChI is InChI=1S/C10H10BrF2NO3S/c11-7-2-1-5(18-7)3-9(15)14-6(10(16)17)4-8(12)13/h1-2,6,8H,3-4H2,(H,14,15)(H,16,17). The van der Waals surface area contributed by atoms with Gasteiger partial charge in [0, 0.05) is 11.3 Å². The highest BCUT2D eigenvalue weighted by molar-refractivity contribution is 9.11. The number of carbonyl (C=O) groups is 2. The largest absolute Gasteiger partial charge is 0.480 e. The first-order chi connectivity index (χ1) is 8.38. The molecule has 0 aliphatic rings. The number of aliphatic carboxylic acids is 1. The predicted octanol–water partition coefficient (Wildman–Crippen LogP) is 2.28. The topological polar surface area (TPSA) is 66.4 Å².